The van der Waals surface area contributed by atoms with Crippen LogP contribution in [0.5, 0.6) is 0 Å². The van der Waals surface area contributed by atoms with Gasteiger partial charge in [-0.2, -0.15) is 0 Å². The first kappa shape index (κ1) is 12.1. The van der Waals surface area contributed by atoms with E-state index in [2.05, 4.69) is 0 Å². The van der Waals surface area contributed by atoms with Crippen molar-refractivity contribution in [1.29, 1.82) is 0 Å². The van der Waals surface area contributed by atoms with Gasteiger partial charge < -0.3 is 10.5 Å². The van der Waals surface area contributed by atoms with Gasteiger partial charge in [0, 0.05) is 13.7 Å². The molecule has 0 aliphatic rings. The lowest BCUT2D eigenvalue weighted by Crippen LogP contribution is -1.96. The first-order valence-corrected chi connectivity index (χ1v) is 4.63. The van der Waals surface area contributed by atoms with Crippen LogP contribution in [-0.4, -0.2) is 7.11 Å². The first-order valence-electron chi connectivity index (χ1n) is 4.63. The van der Waals surface area contributed by atoms with E-state index in [0.29, 0.717) is 13.2 Å². The quantitative estimate of drug-likeness (QED) is 0.776. The van der Waals surface area contributed by atoms with Gasteiger partial charge in [0.1, 0.15) is 0 Å². The Morgan fingerprint density at radius 3 is 1.92 bits per heavy atom. The van der Waals surface area contributed by atoms with Crippen LogP contribution in [0.1, 0.15) is 25.0 Å². The molecular formula is C11H19NO. The molecule has 0 aliphatic heterocycles. The second kappa shape index (κ2) is 7.77. The average molecular weight is 181 g/mol. The number of nitrogens with two attached hydrogens (primary N) is 1. The Morgan fingerprint density at radius 2 is 1.54 bits per heavy atom. The number of ether oxygens (including phenoxy) is 1. The summed E-state index contributed by atoms with van der Waals surface area (Å²) >= 11 is 0. The number of hydrogen-bond acceptors (Lipinski definition) is 2. The van der Waals surface area contributed by atoms with Gasteiger partial charge in [0.15, 0.2) is 0 Å². The summed E-state index contributed by atoms with van der Waals surface area (Å²) in [5.74, 6) is 0. The third-order valence-electron chi connectivity index (χ3n) is 1.57. The van der Waals surface area contributed by atoms with Crippen LogP contribution in [0.15, 0.2) is 24.3 Å². The molecule has 0 radical (unpaired) electrons. The van der Waals surface area contributed by atoms with Crippen LogP contribution < -0.4 is 5.73 Å². The van der Waals surface area contributed by atoms with E-state index in [9.17, 15) is 0 Å². The molecule has 74 valence electrons. The van der Waals surface area contributed by atoms with Gasteiger partial charge in [0.2, 0.25) is 0 Å². The van der Waals surface area contributed by atoms with Crippen molar-refractivity contribution >= 4 is 0 Å². The summed E-state index contributed by atoms with van der Waals surface area (Å²) in [6.45, 7) is 5.28. The molecule has 2 N–H and O–H groups in total. The second-order valence-corrected chi connectivity index (χ2v) is 2.45. The molecule has 0 fully saturated rings. The molecule has 0 atom stereocenters. The predicted octanol–water partition coefficient (Wildman–Crippen LogP) is 2.32. The maximum absolute atomic E-state index is 5.44. The lowest BCUT2D eigenvalue weighted by atomic mass is 10.1. The molecule has 2 heteroatoms. The maximum atomic E-state index is 5.44. The third-order valence-corrected chi connectivity index (χ3v) is 1.57. The maximum Gasteiger partial charge on any atom is 0.0713 e. The van der Waals surface area contributed by atoms with Crippen LogP contribution in [0.2, 0.25) is 0 Å². The average Bonchev–Trinajstić information content (AvgIpc) is 2.23. The van der Waals surface area contributed by atoms with E-state index in [1.165, 1.54) is 5.56 Å². The second-order valence-electron chi connectivity index (χ2n) is 2.45. The Kier molecular flexibility index (Phi) is 7.26. The summed E-state index contributed by atoms with van der Waals surface area (Å²) in [5.41, 5.74) is 7.78. The summed E-state index contributed by atoms with van der Waals surface area (Å²) in [7, 11) is 1.69. The van der Waals surface area contributed by atoms with Gasteiger partial charge in [-0.15, -0.1) is 0 Å². The minimum atomic E-state index is 0.604. The Labute approximate surface area is 80.7 Å². The van der Waals surface area contributed by atoms with Gasteiger partial charge >= 0.3 is 0 Å². The zero-order valence-electron chi connectivity index (χ0n) is 8.71. The zero-order valence-corrected chi connectivity index (χ0v) is 8.71. The Bertz CT molecular complexity index is 206. The van der Waals surface area contributed by atoms with Gasteiger partial charge in [-0.25, -0.2) is 0 Å². The molecule has 1 aromatic carbocycles. The number of hydrogen-bond donors (Lipinski definition) is 1. The fraction of sp³-hybridized carbons (Fsp3) is 0.455. The molecule has 0 aliphatic carbocycles. The lowest BCUT2D eigenvalue weighted by molar-refractivity contribution is 0.185. The smallest absolute Gasteiger partial charge is 0.0713 e. The lowest BCUT2D eigenvalue weighted by Gasteiger charge is -2.00. The SMILES string of the molecule is CC.COCc1ccc(CN)cc1. The topological polar surface area (TPSA) is 35.2 Å². The van der Waals surface area contributed by atoms with E-state index in [0.717, 1.165) is 5.56 Å². The van der Waals surface area contributed by atoms with Crippen molar-refractivity contribution in [2.45, 2.75) is 27.0 Å². The molecule has 1 aromatic rings. The highest BCUT2D eigenvalue weighted by Gasteiger charge is 1.90. The van der Waals surface area contributed by atoms with Crippen LogP contribution >= 0.6 is 0 Å². The summed E-state index contributed by atoms with van der Waals surface area (Å²) in [6, 6.07) is 8.11. The normalized spacial score (nSPS) is 8.92. The molecule has 2 nitrogen and oxygen atoms in total. The number of methoxy groups -OCH3 is 1. The van der Waals surface area contributed by atoms with Gasteiger partial charge in [0.05, 0.1) is 6.61 Å². The molecule has 0 saturated carbocycles. The van der Waals surface area contributed by atoms with E-state index in [-0.39, 0.29) is 0 Å². The van der Waals surface area contributed by atoms with Crippen molar-refractivity contribution in [3.63, 3.8) is 0 Å². The molecule has 1 rings (SSSR count). The van der Waals surface area contributed by atoms with Crippen molar-refractivity contribution in [1.82, 2.24) is 0 Å². The van der Waals surface area contributed by atoms with E-state index < -0.39 is 0 Å². The molecule has 0 unspecified atom stereocenters. The van der Waals surface area contributed by atoms with Crippen molar-refractivity contribution in [3.05, 3.63) is 35.4 Å². The molecule has 0 spiro atoms. The number of rotatable bonds is 3. The Morgan fingerprint density at radius 1 is 1.08 bits per heavy atom. The summed E-state index contributed by atoms with van der Waals surface area (Å²) in [5, 5.41) is 0. The van der Waals surface area contributed by atoms with Gasteiger partial charge in [-0.1, -0.05) is 38.1 Å². The van der Waals surface area contributed by atoms with Crippen LogP contribution in [0.4, 0.5) is 0 Å². The molecular weight excluding hydrogens is 162 g/mol. The minimum Gasteiger partial charge on any atom is -0.380 e. The summed E-state index contributed by atoms with van der Waals surface area (Å²) in [6.07, 6.45) is 0. The molecule has 13 heavy (non-hydrogen) atoms. The van der Waals surface area contributed by atoms with Crippen molar-refractivity contribution in [2.75, 3.05) is 7.11 Å². The van der Waals surface area contributed by atoms with Crippen molar-refractivity contribution in [2.24, 2.45) is 5.73 Å². The highest BCUT2D eigenvalue weighted by molar-refractivity contribution is 5.21. The fourth-order valence-corrected chi connectivity index (χ4v) is 0.938. The molecule has 0 aromatic heterocycles. The predicted molar refractivity (Wildman–Crippen MR) is 56.4 cm³/mol. The highest BCUT2D eigenvalue weighted by Crippen LogP contribution is 2.04. The monoisotopic (exact) mass is 181 g/mol. The highest BCUT2D eigenvalue weighted by atomic mass is 16.5. The largest absolute Gasteiger partial charge is 0.380 e. The van der Waals surface area contributed by atoms with E-state index in [1.807, 2.05) is 38.1 Å². The van der Waals surface area contributed by atoms with Crippen molar-refractivity contribution in [3.8, 4) is 0 Å². The standard InChI is InChI=1S/C9H13NO.C2H6/c1-11-7-9-4-2-8(6-10)3-5-9;1-2/h2-5H,6-7,10H2,1H3;1-2H3. The van der Waals surface area contributed by atoms with E-state index in [1.54, 1.807) is 7.11 Å². The van der Waals surface area contributed by atoms with E-state index in [4.69, 9.17) is 10.5 Å². The van der Waals surface area contributed by atoms with Gasteiger partial charge in [0.25, 0.3) is 0 Å². The van der Waals surface area contributed by atoms with Gasteiger partial charge in [-0.3, -0.25) is 0 Å². The molecule has 0 amide bonds. The summed E-state index contributed by atoms with van der Waals surface area (Å²) in [4.78, 5) is 0. The molecule has 0 heterocycles. The van der Waals surface area contributed by atoms with Crippen LogP contribution in [0, 0.1) is 0 Å². The Hall–Kier alpha value is -0.860. The third kappa shape index (κ3) is 4.65. The fourth-order valence-electron chi connectivity index (χ4n) is 0.938. The van der Waals surface area contributed by atoms with Crippen molar-refractivity contribution < 1.29 is 4.74 Å². The van der Waals surface area contributed by atoms with Gasteiger partial charge in [-0.05, 0) is 11.1 Å². The Balaban J connectivity index is 0.000000671. The van der Waals surface area contributed by atoms with E-state index >= 15 is 0 Å². The summed E-state index contributed by atoms with van der Waals surface area (Å²) < 4.78 is 4.97. The molecule has 0 saturated heterocycles. The first-order chi connectivity index (χ1) is 6.36. The number of benzene rings is 1. The van der Waals surface area contributed by atoms with Crippen LogP contribution in [0.25, 0.3) is 0 Å². The minimum absolute atomic E-state index is 0.604. The van der Waals surface area contributed by atoms with Crippen LogP contribution in [-0.2, 0) is 17.9 Å². The zero-order chi connectivity index (χ0) is 10.1. The molecule has 0 bridgehead atoms. The van der Waals surface area contributed by atoms with Crippen LogP contribution in [0.3, 0.4) is 0 Å².